The second-order valence-electron chi connectivity index (χ2n) is 6.67. The molecule has 0 spiro atoms. The largest absolute Gasteiger partial charge is 0.495 e. The molecule has 2 N–H and O–H groups in total. The second kappa shape index (κ2) is 8.77. The Morgan fingerprint density at radius 2 is 2.11 bits per heavy atom. The van der Waals surface area contributed by atoms with Crippen molar-refractivity contribution in [1.29, 1.82) is 0 Å². The summed E-state index contributed by atoms with van der Waals surface area (Å²) in [5.74, 6) is -0.337. The number of halogens is 2. The molecule has 2 aromatic rings. The first-order valence-corrected chi connectivity index (χ1v) is 9.24. The highest BCUT2D eigenvalue weighted by Crippen LogP contribution is 2.31. The lowest BCUT2D eigenvalue weighted by Crippen LogP contribution is -2.34. The van der Waals surface area contributed by atoms with Crippen molar-refractivity contribution < 1.29 is 23.8 Å². The van der Waals surface area contributed by atoms with Crippen molar-refractivity contribution in [3.05, 3.63) is 52.8 Å². The molecule has 6 nitrogen and oxygen atoms in total. The lowest BCUT2D eigenvalue weighted by atomic mass is 10.1. The predicted octanol–water partition coefficient (Wildman–Crippen LogP) is 3.33. The number of nitrogens with zero attached hydrogens (tertiary/aromatic N) is 1. The Kier molecular flexibility index (Phi) is 6.39. The summed E-state index contributed by atoms with van der Waals surface area (Å²) in [5.41, 5.74) is 1.47. The number of hydrogen-bond acceptors (Lipinski definition) is 5. The van der Waals surface area contributed by atoms with Gasteiger partial charge in [0.2, 0.25) is 0 Å². The van der Waals surface area contributed by atoms with Gasteiger partial charge in [-0.1, -0.05) is 11.6 Å². The van der Waals surface area contributed by atoms with Gasteiger partial charge in [0.05, 0.1) is 36.6 Å². The van der Waals surface area contributed by atoms with Crippen molar-refractivity contribution in [2.45, 2.75) is 19.1 Å². The van der Waals surface area contributed by atoms with Crippen molar-refractivity contribution >= 4 is 28.9 Å². The molecule has 3 rings (SSSR count). The lowest BCUT2D eigenvalue weighted by Gasteiger charge is -2.27. The van der Waals surface area contributed by atoms with Gasteiger partial charge in [-0.15, -0.1) is 0 Å². The summed E-state index contributed by atoms with van der Waals surface area (Å²) >= 11 is 5.77. The number of anilines is 2. The van der Waals surface area contributed by atoms with Crippen LogP contribution in [0.3, 0.4) is 0 Å². The number of carbonyl (C=O) groups excluding carboxylic acids is 1. The van der Waals surface area contributed by atoms with Gasteiger partial charge in [-0.05, 0) is 43.3 Å². The Hall–Kier alpha value is -2.35. The molecule has 0 bridgehead atoms. The molecule has 0 aromatic heterocycles. The molecule has 1 aliphatic heterocycles. The van der Waals surface area contributed by atoms with E-state index in [1.807, 2.05) is 11.8 Å². The van der Waals surface area contributed by atoms with Gasteiger partial charge < -0.3 is 24.8 Å². The minimum absolute atomic E-state index is 0.0687. The molecule has 1 fully saturated rings. The van der Waals surface area contributed by atoms with Crippen LogP contribution in [0.1, 0.15) is 17.3 Å². The molecule has 2 unspecified atom stereocenters. The molecule has 28 heavy (non-hydrogen) atoms. The van der Waals surface area contributed by atoms with E-state index in [1.165, 1.54) is 18.2 Å². The minimum atomic E-state index is -0.645. The number of carbonyl (C=O) groups is 1. The van der Waals surface area contributed by atoms with Crippen molar-refractivity contribution in [1.82, 2.24) is 0 Å². The molecular weight excluding hydrogens is 387 g/mol. The van der Waals surface area contributed by atoms with Crippen LogP contribution in [0.4, 0.5) is 15.8 Å². The first kappa shape index (κ1) is 20.4. The number of amides is 1. The maximum Gasteiger partial charge on any atom is 0.255 e. The number of rotatable bonds is 4. The molecule has 150 valence electrons. The predicted molar refractivity (Wildman–Crippen MR) is 106 cm³/mol. The summed E-state index contributed by atoms with van der Waals surface area (Å²) in [4.78, 5) is 14.6. The summed E-state index contributed by atoms with van der Waals surface area (Å²) in [6.45, 7) is 3.09. The number of aliphatic hydroxyl groups excluding tert-OH is 1. The van der Waals surface area contributed by atoms with Crippen LogP contribution >= 0.6 is 11.6 Å². The fourth-order valence-corrected chi connectivity index (χ4v) is 3.25. The average molecular weight is 409 g/mol. The number of benzene rings is 2. The van der Waals surface area contributed by atoms with E-state index in [-0.39, 0.29) is 23.6 Å². The first-order chi connectivity index (χ1) is 13.4. The van der Waals surface area contributed by atoms with Crippen molar-refractivity contribution in [2.75, 3.05) is 37.0 Å². The minimum Gasteiger partial charge on any atom is -0.495 e. The van der Waals surface area contributed by atoms with E-state index in [1.54, 1.807) is 25.3 Å². The van der Waals surface area contributed by atoms with Gasteiger partial charge in [0.25, 0.3) is 5.91 Å². The van der Waals surface area contributed by atoms with Crippen molar-refractivity contribution in [3.8, 4) is 5.75 Å². The van der Waals surface area contributed by atoms with E-state index in [4.69, 9.17) is 21.1 Å². The first-order valence-electron chi connectivity index (χ1n) is 8.86. The van der Waals surface area contributed by atoms with E-state index in [0.717, 1.165) is 0 Å². The highest BCUT2D eigenvalue weighted by Gasteiger charge is 2.24. The molecule has 1 saturated heterocycles. The van der Waals surface area contributed by atoms with Crippen LogP contribution < -0.4 is 15.0 Å². The monoisotopic (exact) mass is 408 g/mol. The summed E-state index contributed by atoms with van der Waals surface area (Å²) in [5, 5.41) is 12.7. The van der Waals surface area contributed by atoms with E-state index in [9.17, 15) is 14.3 Å². The molecular formula is C20H22ClFN2O4. The van der Waals surface area contributed by atoms with Gasteiger partial charge in [-0.25, -0.2) is 4.39 Å². The van der Waals surface area contributed by atoms with Gasteiger partial charge in [-0.3, -0.25) is 4.79 Å². The van der Waals surface area contributed by atoms with Crippen LogP contribution in [-0.2, 0) is 4.74 Å². The smallest absolute Gasteiger partial charge is 0.255 e. The van der Waals surface area contributed by atoms with Crippen LogP contribution in [-0.4, -0.2) is 50.0 Å². The Balaban J connectivity index is 1.87. The Morgan fingerprint density at radius 1 is 1.32 bits per heavy atom. The van der Waals surface area contributed by atoms with E-state index in [0.29, 0.717) is 35.8 Å². The number of methoxy groups -OCH3 is 1. The number of ether oxygens (including phenoxy) is 2. The van der Waals surface area contributed by atoms with Gasteiger partial charge in [0, 0.05) is 24.3 Å². The van der Waals surface area contributed by atoms with E-state index in [2.05, 4.69) is 5.32 Å². The maximum atomic E-state index is 13.3. The second-order valence-corrected chi connectivity index (χ2v) is 7.08. The molecule has 1 aliphatic rings. The summed E-state index contributed by atoms with van der Waals surface area (Å²) in [6, 6.07) is 9.01. The zero-order valence-corrected chi connectivity index (χ0v) is 16.4. The Bertz CT molecular complexity index is 852. The molecule has 2 atom stereocenters. The molecule has 8 heteroatoms. The number of β-amino-alcohol motifs (C(OH)–C–C–N with tert-alkyl or cyclic N) is 1. The van der Waals surface area contributed by atoms with E-state index >= 15 is 0 Å². The molecule has 1 heterocycles. The van der Waals surface area contributed by atoms with Crippen LogP contribution in [0, 0.1) is 5.82 Å². The zero-order valence-electron chi connectivity index (χ0n) is 15.6. The van der Waals surface area contributed by atoms with E-state index < -0.39 is 11.9 Å². The standard InChI is InChI=1S/C20H22ClFN2O4/c1-12-9-24(10-15(25)11-28-12)18-7-13(3-6-19(18)27-2)20(26)23-14-4-5-17(22)16(21)8-14/h3-8,12,15,25H,9-11H2,1-2H3,(H,23,26). The van der Waals surface area contributed by atoms with Gasteiger partial charge in [0.15, 0.2) is 0 Å². The lowest BCUT2D eigenvalue weighted by molar-refractivity contribution is 0.0216. The normalized spacial score (nSPS) is 19.8. The van der Waals surface area contributed by atoms with Gasteiger partial charge >= 0.3 is 0 Å². The van der Waals surface area contributed by atoms with Crippen LogP contribution in [0.5, 0.6) is 5.75 Å². The topological polar surface area (TPSA) is 71.0 Å². The number of nitrogens with one attached hydrogen (secondary N) is 1. The maximum absolute atomic E-state index is 13.3. The summed E-state index contributed by atoms with van der Waals surface area (Å²) in [7, 11) is 1.55. The average Bonchev–Trinajstić information content (AvgIpc) is 2.85. The van der Waals surface area contributed by atoms with Gasteiger partial charge in [-0.2, -0.15) is 0 Å². The van der Waals surface area contributed by atoms with Crippen LogP contribution in [0.2, 0.25) is 5.02 Å². The SMILES string of the molecule is COc1ccc(C(=O)Nc2ccc(F)c(Cl)c2)cc1N1CC(O)COC(C)C1. The quantitative estimate of drug-likeness (QED) is 0.812. The summed E-state index contributed by atoms with van der Waals surface area (Å²) < 4.78 is 24.3. The third-order valence-electron chi connectivity index (χ3n) is 4.44. The highest BCUT2D eigenvalue weighted by molar-refractivity contribution is 6.31. The number of aliphatic hydroxyl groups is 1. The molecule has 2 aromatic carbocycles. The van der Waals surface area contributed by atoms with Crippen molar-refractivity contribution in [3.63, 3.8) is 0 Å². The fraction of sp³-hybridized carbons (Fsp3) is 0.350. The van der Waals surface area contributed by atoms with Crippen LogP contribution in [0.15, 0.2) is 36.4 Å². The molecule has 0 saturated carbocycles. The number of hydrogen-bond donors (Lipinski definition) is 2. The fourth-order valence-electron chi connectivity index (χ4n) is 3.07. The Morgan fingerprint density at radius 3 is 2.82 bits per heavy atom. The third kappa shape index (κ3) is 4.73. The Labute approximate surface area is 167 Å². The molecule has 0 aliphatic carbocycles. The third-order valence-corrected chi connectivity index (χ3v) is 4.73. The van der Waals surface area contributed by atoms with Crippen molar-refractivity contribution in [2.24, 2.45) is 0 Å². The van der Waals surface area contributed by atoms with Crippen LogP contribution in [0.25, 0.3) is 0 Å². The molecule has 1 amide bonds. The highest BCUT2D eigenvalue weighted by atomic mass is 35.5. The zero-order chi connectivity index (χ0) is 20.3. The van der Waals surface area contributed by atoms with Gasteiger partial charge in [0.1, 0.15) is 11.6 Å². The molecule has 0 radical (unpaired) electrons. The summed E-state index contributed by atoms with van der Waals surface area (Å²) in [6.07, 6.45) is -0.728.